The summed E-state index contributed by atoms with van der Waals surface area (Å²) in [5.74, 6) is -3.63. The molecule has 2 aromatic heterocycles. The third-order valence-corrected chi connectivity index (χ3v) is 11.0. The fourth-order valence-electron chi connectivity index (χ4n) is 5.80. The topological polar surface area (TPSA) is 263 Å². The summed E-state index contributed by atoms with van der Waals surface area (Å²) in [5, 5.41) is 11.0. The lowest BCUT2D eigenvalue weighted by atomic mass is 10.0. The number of nitrogens with one attached hydrogen (secondary N) is 6. The largest absolute Gasteiger partial charge is 0.368 e. The zero-order valence-corrected chi connectivity index (χ0v) is 29.2. The van der Waals surface area contributed by atoms with Crippen LogP contribution in [0.5, 0.6) is 0 Å². The van der Waals surface area contributed by atoms with Gasteiger partial charge in [0.25, 0.3) is 0 Å². The van der Waals surface area contributed by atoms with Crippen molar-refractivity contribution in [2.75, 3.05) is 18.1 Å². The lowest BCUT2D eigenvalue weighted by Crippen LogP contribution is -2.60. The molecule has 1 aromatic carbocycles. The molecule has 17 nitrogen and oxygen atoms in total. The fraction of sp³-hybridized carbons (Fsp3) is 0.438. The van der Waals surface area contributed by atoms with Crippen molar-refractivity contribution in [3.8, 4) is 0 Å². The number of amides is 6. The molecule has 10 N–H and O–H groups in total. The number of aromatic amines is 2. The number of primary amides is 1. The number of H-pyrrole nitrogens is 2. The SMILES string of the molecule is NC(=O)C1CSSC[C@H](N)C(=O)N[C@@H](Cc2cnc[nH]2)C(=O)N2CCC[C@H]2C(=O)N[C@@H](Cc2ccccc2)C(=O)N[C@@H](Cc2cnc[nH]2)C(=O)N1. The Morgan fingerprint density at radius 2 is 1.35 bits per heavy atom. The molecular weight excluding hydrogens is 699 g/mol. The van der Waals surface area contributed by atoms with Gasteiger partial charge in [0.1, 0.15) is 30.2 Å². The van der Waals surface area contributed by atoms with Gasteiger partial charge in [-0.15, -0.1) is 0 Å². The highest BCUT2D eigenvalue weighted by atomic mass is 33.1. The first-order valence-electron chi connectivity index (χ1n) is 16.4. The standard InChI is InChI=1S/C32H41N11O6S2/c33-21-14-50-51-15-25(27(34)44)42-30(47)23(10-19-12-35-16-37-19)39-29(46)22(9-18-5-2-1-3-6-18)40-31(48)26-7-4-8-43(26)32(49)24(41-28(21)45)11-20-13-36-17-38-20/h1-3,5-6,12-13,16-17,21-26H,4,7-11,14-15,33H2,(H2,34,44)(H,35,37)(H,36,38)(H,39,46)(H,40,48)(H,41,45)(H,42,47)/t21-,22-,23-,24-,25?,26-/m0/s1. The van der Waals surface area contributed by atoms with Gasteiger partial charge >= 0.3 is 0 Å². The average molecular weight is 740 g/mol. The van der Waals surface area contributed by atoms with Crippen LogP contribution in [0.4, 0.5) is 0 Å². The minimum absolute atomic E-state index is 0.0104. The van der Waals surface area contributed by atoms with Gasteiger partial charge < -0.3 is 47.6 Å². The number of hydrogen-bond acceptors (Lipinski definition) is 11. The van der Waals surface area contributed by atoms with E-state index in [0.717, 1.165) is 5.56 Å². The summed E-state index contributed by atoms with van der Waals surface area (Å²) in [6.07, 6.45) is 6.91. The van der Waals surface area contributed by atoms with Gasteiger partial charge in [0, 0.05) is 61.1 Å². The molecule has 2 saturated heterocycles. The first-order valence-corrected chi connectivity index (χ1v) is 18.9. The lowest BCUT2D eigenvalue weighted by Gasteiger charge is -2.30. The minimum atomic E-state index is -1.19. The number of aromatic nitrogens is 4. The second kappa shape index (κ2) is 17.9. The predicted octanol–water partition coefficient (Wildman–Crippen LogP) is -1.70. The number of carbonyl (C=O) groups excluding carboxylic acids is 6. The molecule has 19 heteroatoms. The second-order valence-corrected chi connectivity index (χ2v) is 14.8. The van der Waals surface area contributed by atoms with Crippen LogP contribution >= 0.6 is 21.6 Å². The molecule has 6 atom stereocenters. The number of nitrogens with two attached hydrogens (primary N) is 2. The molecule has 51 heavy (non-hydrogen) atoms. The summed E-state index contributed by atoms with van der Waals surface area (Å²) >= 11 is 0. The van der Waals surface area contributed by atoms with Crippen LogP contribution in [0.3, 0.4) is 0 Å². The van der Waals surface area contributed by atoms with Crippen LogP contribution in [0.25, 0.3) is 0 Å². The Labute approximate surface area is 301 Å². The van der Waals surface area contributed by atoms with Crippen LogP contribution in [-0.4, -0.2) is 115 Å². The Balaban J connectivity index is 1.46. The normalized spacial score (nSPS) is 26.0. The van der Waals surface area contributed by atoms with Crippen molar-refractivity contribution < 1.29 is 28.8 Å². The quantitative estimate of drug-likeness (QED) is 0.127. The molecule has 272 valence electrons. The highest BCUT2D eigenvalue weighted by molar-refractivity contribution is 8.76. The Morgan fingerprint density at radius 1 is 0.765 bits per heavy atom. The molecule has 6 amide bonds. The number of imidazole rings is 2. The van der Waals surface area contributed by atoms with Crippen molar-refractivity contribution in [2.24, 2.45) is 11.5 Å². The molecule has 0 saturated carbocycles. The number of hydrogen-bond donors (Lipinski definition) is 8. The molecule has 0 radical (unpaired) electrons. The second-order valence-electron chi connectivity index (χ2n) is 12.3. The smallest absolute Gasteiger partial charge is 0.246 e. The molecule has 2 aliphatic rings. The van der Waals surface area contributed by atoms with E-state index in [4.69, 9.17) is 11.5 Å². The van der Waals surface area contributed by atoms with E-state index in [9.17, 15) is 28.8 Å². The van der Waals surface area contributed by atoms with Gasteiger partial charge in [0.05, 0.1) is 18.7 Å². The van der Waals surface area contributed by atoms with Crippen LogP contribution < -0.4 is 32.7 Å². The molecule has 4 heterocycles. The molecule has 0 spiro atoms. The van der Waals surface area contributed by atoms with E-state index < -0.39 is 71.7 Å². The van der Waals surface area contributed by atoms with Crippen LogP contribution in [0.1, 0.15) is 29.8 Å². The van der Waals surface area contributed by atoms with Gasteiger partial charge in [-0.2, -0.15) is 0 Å². The van der Waals surface area contributed by atoms with Gasteiger partial charge in [0.15, 0.2) is 0 Å². The minimum Gasteiger partial charge on any atom is -0.368 e. The summed E-state index contributed by atoms with van der Waals surface area (Å²) < 4.78 is 0. The third kappa shape index (κ3) is 10.3. The summed E-state index contributed by atoms with van der Waals surface area (Å²) in [5.41, 5.74) is 13.7. The average Bonchev–Trinajstić information content (AvgIpc) is 3.92. The molecule has 0 bridgehead atoms. The zero-order chi connectivity index (χ0) is 36.3. The number of rotatable bonds is 7. The maximum atomic E-state index is 14.1. The van der Waals surface area contributed by atoms with Crippen LogP contribution in [0, 0.1) is 0 Å². The maximum absolute atomic E-state index is 14.1. The Bertz CT molecular complexity index is 1660. The van der Waals surface area contributed by atoms with E-state index in [1.165, 1.54) is 51.5 Å². The predicted molar refractivity (Wildman–Crippen MR) is 189 cm³/mol. The first-order chi connectivity index (χ1) is 24.6. The Kier molecular flexibility index (Phi) is 13.1. The van der Waals surface area contributed by atoms with E-state index >= 15 is 0 Å². The van der Waals surface area contributed by atoms with E-state index in [0.29, 0.717) is 24.2 Å². The molecule has 2 aliphatic heterocycles. The van der Waals surface area contributed by atoms with Gasteiger partial charge in [-0.1, -0.05) is 51.9 Å². The highest BCUT2D eigenvalue weighted by Gasteiger charge is 2.40. The van der Waals surface area contributed by atoms with Gasteiger partial charge in [-0.3, -0.25) is 28.8 Å². The van der Waals surface area contributed by atoms with Crippen molar-refractivity contribution in [3.05, 3.63) is 72.3 Å². The Morgan fingerprint density at radius 3 is 2.00 bits per heavy atom. The number of fused-ring (bicyclic) bond motifs is 1. The molecule has 3 aromatic rings. The zero-order valence-electron chi connectivity index (χ0n) is 27.6. The van der Waals surface area contributed by atoms with Crippen LogP contribution in [-0.2, 0) is 48.0 Å². The number of nitrogens with zero attached hydrogens (tertiary/aromatic N) is 3. The summed E-state index contributed by atoms with van der Waals surface area (Å²) in [4.78, 5) is 96.6. The van der Waals surface area contributed by atoms with E-state index in [2.05, 4.69) is 41.2 Å². The number of carbonyl (C=O) groups is 6. The highest BCUT2D eigenvalue weighted by Crippen LogP contribution is 2.24. The van der Waals surface area contributed by atoms with Crippen molar-refractivity contribution in [3.63, 3.8) is 0 Å². The van der Waals surface area contributed by atoms with E-state index in [1.807, 2.05) is 6.07 Å². The van der Waals surface area contributed by atoms with Crippen molar-refractivity contribution >= 4 is 57.0 Å². The molecule has 1 unspecified atom stereocenters. The molecule has 0 aliphatic carbocycles. The summed E-state index contributed by atoms with van der Waals surface area (Å²) in [7, 11) is 2.37. The first kappa shape index (κ1) is 37.4. The molecule has 5 rings (SSSR count). The van der Waals surface area contributed by atoms with Gasteiger partial charge in [0.2, 0.25) is 35.4 Å². The summed E-state index contributed by atoms with van der Waals surface area (Å²) in [6.45, 7) is 0.258. The third-order valence-electron chi connectivity index (χ3n) is 8.52. The summed E-state index contributed by atoms with van der Waals surface area (Å²) in [6, 6.07) is 2.52. The van der Waals surface area contributed by atoms with Crippen molar-refractivity contribution in [2.45, 2.75) is 68.4 Å². The lowest BCUT2D eigenvalue weighted by molar-refractivity contribution is -0.142. The molecular formula is C32H41N11O6S2. The van der Waals surface area contributed by atoms with Gasteiger partial charge in [-0.05, 0) is 18.4 Å². The van der Waals surface area contributed by atoms with Gasteiger partial charge in [-0.25, -0.2) is 9.97 Å². The van der Waals surface area contributed by atoms with Crippen LogP contribution in [0.15, 0.2) is 55.4 Å². The number of benzene rings is 1. The Hall–Kier alpha value is -4.88. The van der Waals surface area contributed by atoms with E-state index in [-0.39, 0.29) is 37.3 Å². The van der Waals surface area contributed by atoms with Crippen LogP contribution in [0.2, 0.25) is 0 Å². The molecule has 2 fully saturated rings. The fourth-order valence-corrected chi connectivity index (χ4v) is 8.10. The maximum Gasteiger partial charge on any atom is 0.246 e. The van der Waals surface area contributed by atoms with Crippen molar-refractivity contribution in [1.82, 2.24) is 46.1 Å². The monoisotopic (exact) mass is 739 g/mol. The van der Waals surface area contributed by atoms with E-state index in [1.54, 1.807) is 24.3 Å². The van der Waals surface area contributed by atoms with Crippen molar-refractivity contribution in [1.29, 1.82) is 0 Å².